The van der Waals surface area contributed by atoms with Crippen LogP contribution >= 0.6 is 34.0 Å². The monoisotopic (exact) mass is 404 g/mol. The lowest BCUT2D eigenvalue weighted by Crippen LogP contribution is -2.48. The second kappa shape index (κ2) is 7.96. The maximum absolute atomic E-state index is 12.6. The highest BCUT2D eigenvalue weighted by Gasteiger charge is 2.22. The topological polar surface area (TPSA) is 49.3 Å². The molecule has 136 valence electrons. The molecule has 4 heterocycles. The fourth-order valence-electron chi connectivity index (χ4n) is 3.04. The SMILES string of the molecule is Cc1nc(CN2CCN(C(=O)Cc3csc(-c4ccsc4)n3)CC2)cs1. The third kappa shape index (κ3) is 4.20. The Morgan fingerprint density at radius 3 is 2.58 bits per heavy atom. The molecular formula is C18H20N4OS3. The van der Waals surface area contributed by atoms with Crippen LogP contribution < -0.4 is 0 Å². The Hall–Kier alpha value is -1.61. The number of nitrogens with zero attached hydrogens (tertiary/aromatic N) is 4. The zero-order valence-corrected chi connectivity index (χ0v) is 17.0. The molecule has 3 aromatic heterocycles. The number of carbonyl (C=O) groups excluding carboxylic acids is 1. The number of thiophene rings is 1. The molecule has 0 bridgehead atoms. The van der Waals surface area contributed by atoms with Crippen LogP contribution in [0.5, 0.6) is 0 Å². The quantitative estimate of drug-likeness (QED) is 0.653. The summed E-state index contributed by atoms with van der Waals surface area (Å²) in [5, 5.41) is 10.4. The van der Waals surface area contributed by atoms with E-state index in [1.807, 2.05) is 22.6 Å². The standard InChI is InChI=1S/C18H20N4OS3/c1-13-19-16(12-25-13)9-21-3-5-22(6-4-21)17(23)8-15-11-26-18(20-15)14-2-7-24-10-14/h2,7,10-12H,3-6,8-9H2,1H3. The molecule has 26 heavy (non-hydrogen) atoms. The van der Waals surface area contributed by atoms with Gasteiger partial charge in [-0.05, 0) is 18.4 Å². The summed E-state index contributed by atoms with van der Waals surface area (Å²) >= 11 is 4.97. The molecule has 0 aromatic carbocycles. The average molecular weight is 405 g/mol. The second-order valence-electron chi connectivity index (χ2n) is 6.35. The molecule has 0 atom stereocenters. The van der Waals surface area contributed by atoms with Crippen molar-refractivity contribution in [1.29, 1.82) is 0 Å². The van der Waals surface area contributed by atoms with E-state index in [2.05, 4.69) is 31.7 Å². The van der Waals surface area contributed by atoms with E-state index in [9.17, 15) is 4.79 Å². The molecule has 0 unspecified atom stereocenters. The first-order valence-electron chi connectivity index (χ1n) is 8.55. The average Bonchev–Trinajstić information content (AvgIpc) is 3.37. The van der Waals surface area contributed by atoms with E-state index in [0.29, 0.717) is 6.42 Å². The van der Waals surface area contributed by atoms with Gasteiger partial charge in [0.1, 0.15) is 5.01 Å². The van der Waals surface area contributed by atoms with Gasteiger partial charge in [-0.1, -0.05) is 0 Å². The number of rotatable bonds is 5. The van der Waals surface area contributed by atoms with Crippen LogP contribution in [0.4, 0.5) is 0 Å². The molecule has 0 N–H and O–H groups in total. The predicted octanol–water partition coefficient (Wildman–Crippen LogP) is 3.52. The number of carbonyl (C=O) groups is 1. The Balaban J connectivity index is 1.28. The summed E-state index contributed by atoms with van der Waals surface area (Å²) in [5.74, 6) is 0.177. The van der Waals surface area contributed by atoms with E-state index in [4.69, 9.17) is 0 Å². The van der Waals surface area contributed by atoms with Gasteiger partial charge in [0.05, 0.1) is 22.8 Å². The zero-order chi connectivity index (χ0) is 17.9. The van der Waals surface area contributed by atoms with Gasteiger partial charge >= 0.3 is 0 Å². The van der Waals surface area contributed by atoms with Gasteiger partial charge in [0.25, 0.3) is 0 Å². The third-order valence-electron chi connectivity index (χ3n) is 4.43. The largest absolute Gasteiger partial charge is 0.340 e. The maximum Gasteiger partial charge on any atom is 0.228 e. The van der Waals surface area contributed by atoms with Gasteiger partial charge < -0.3 is 4.90 Å². The van der Waals surface area contributed by atoms with Crippen molar-refractivity contribution in [3.63, 3.8) is 0 Å². The Kier molecular flexibility index (Phi) is 5.44. The molecule has 1 amide bonds. The second-order valence-corrected chi connectivity index (χ2v) is 9.05. The van der Waals surface area contributed by atoms with Crippen LogP contribution in [-0.4, -0.2) is 51.9 Å². The molecule has 0 saturated carbocycles. The molecule has 1 aliphatic heterocycles. The van der Waals surface area contributed by atoms with E-state index < -0.39 is 0 Å². The number of hydrogen-bond acceptors (Lipinski definition) is 7. The van der Waals surface area contributed by atoms with Crippen LogP contribution in [0.1, 0.15) is 16.4 Å². The van der Waals surface area contributed by atoms with Gasteiger partial charge in [-0.2, -0.15) is 11.3 Å². The minimum atomic E-state index is 0.177. The highest BCUT2D eigenvalue weighted by molar-refractivity contribution is 7.14. The highest BCUT2D eigenvalue weighted by Crippen LogP contribution is 2.26. The Bertz CT molecular complexity index is 863. The van der Waals surface area contributed by atoms with Crippen LogP contribution in [-0.2, 0) is 17.8 Å². The van der Waals surface area contributed by atoms with Crippen LogP contribution in [0.25, 0.3) is 10.6 Å². The van der Waals surface area contributed by atoms with Gasteiger partial charge in [-0.15, -0.1) is 22.7 Å². The van der Waals surface area contributed by atoms with Crippen molar-refractivity contribution < 1.29 is 4.79 Å². The van der Waals surface area contributed by atoms with Crippen LogP contribution in [0.3, 0.4) is 0 Å². The number of hydrogen-bond donors (Lipinski definition) is 0. The molecule has 1 fully saturated rings. The minimum absolute atomic E-state index is 0.177. The maximum atomic E-state index is 12.6. The fourth-order valence-corrected chi connectivity index (χ4v) is 5.17. The normalized spacial score (nSPS) is 15.5. The van der Waals surface area contributed by atoms with E-state index in [1.165, 1.54) is 0 Å². The number of thiazole rings is 2. The molecular weight excluding hydrogens is 384 g/mol. The summed E-state index contributed by atoms with van der Waals surface area (Å²) in [4.78, 5) is 26.1. The molecule has 1 aliphatic rings. The van der Waals surface area contributed by atoms with E-state index in [0.717, 1.165) is 59.7 Å². The van der Waals surface area contributed by atoms with Crippen molar-refractivity contribution in [1.82, 2.24) is 19.8 Å². The van der Waals surface area contributed by atoms with Gasteiger partial charge in [0.15, 0.2) is 0 Å². The van der Waals surface area contributed by atoms with Crippen molar-refractivity contribution in [3.05, 3.63) is 44.0 Å². The van der Waals surface area contributed by atoms with Gasteiger partial charge in [0, 0.05) is 54.4 Å². The van der Waals surface area contributed by atoms with Gasteiger partial charge in [0.2, 0.25) is 5.91 Å². The van der Waals surface area contributed by atoms with E-state index in [-0.39, 0.29) is 5.91 Å². The lowest BCUT2D eigenvalue weighted by Gasteiger charge is -2.34. The number of aromatic nitrogens is 2. The van der Waals surface area contributed by atoms with Crippen LogP contribution in [0, 0.1) is 6.92 Å². The molecule has 5 nitrogen and oxygen atoms in total. The van der Waals surface area contributed by atoms with E-state index >= 15 is 0 Å². The Labute approximate surface area is 165 Å². The van der Waals surface area contributed by atoms with Crippen molar-refractivity contribution in [2.24, 2.45) is 0 Å². The third-order valence-corrected chi connectivity index (χ3v) is 6.88. The number of piperazine rings is 1. The summed E-state index contributed by atoms with van der Waals surface area (Å²) in [5.41, 5.74) is 3.15. The van der Waals surface area contributed by atoms with Gasteiger partial charge in [-0.3, -0.25) is 9.69 Å². The zero-order valence-electron chi connectivity index (χ0n) is 14.6. The van der Waals surface area contributed by atoms with Crippen molar-refractivity contribution in [2.75, 3.05) is 26.2 Å². The first kappa shape index (κ1) is 17.8. The first-order chi connectivity index (χ1) is 12.7. The van der Waals surface area contributed by atoms with Crippen LogP contribution in [0.15, 0.2) is 27.6 Å². The summed E-state index contributed by atoms with van der Waals surface area (Å²) in [6.45, 7) is 6.28. The molecule has 0 aliphatic carbocycles. The van der Waals surface area contributed by atoms with Crippen molar-refractivity contribution in [3.8, 4) is 10.6 Å². The van der Waals surface area contributed by atoms with Crippen molar-refractivity contribution in [2.45, 2.75) is 19.9 Å². The Morgan fingerprint density at radius 2 is 1.88 bits per heavy atom. The molecule has 3 aromatic rings. The fraction of sp³-hybridized carbons (Fsp3) is 0.389. The number of aryl methyl sites for hydroxylation is 1. The lowest BCUT2D eigenvalue weighted by molar-refractivity contribution is -0.132. The van der Waals surface area contributed by atoms with E-state index in [1.54, 1.807) is 34.0 Å². The first-order valence-corrected chi connectivity index (χ1v) is 11.3. The molecule has 1 saturated heterocycles. The smallest absolute Gasteiger partial charge is 0.228 e. The summed E-state index contributed by atoms with van der Waals surface area (Å²) < 4.78 is 0. The summed E-state index contributed by atoms with van der Waals surface area (Å²) in [7, 11) is 0. The summed E-state index contributed by atoms with van der Waals surface area (Å²) in [6, 6.07) is 2.07. The molecule has 0 spiro atoms. The van der Waals surface area contributed by atoms with Gasteiger partial charge in [-0.25, -0.2) is 9.97 Å². The number of amides is 1. The van der Waals surface area contributed by atoms with Crippen LogP contribution in [0.2, 0.25) is 0 Å². The van der Waals surface area contributed by atoms with Crippen molar-refractivity contribution >= 4 is 39.9 Å². The molecule has 8 heteroatoms. The molecule has 4 rings (SSSR count). The lowest BCUT2D eigenvalue weighted by atomic mass is 10.2. The minimum Gasteiger partial charge on any atom is -0.340 e. The Morgan fingerprint density at radius 1 is 1.08 bits per heavy atom. The molecule has 0 radical (unpaired) electrons. The predicted molar refractivity (Wildman–Crippen MR) is 108 cm³/mol. The highest BCUT2D eigenvalue weighted by atomic mass is 32.1. The summed E-state index contributed by atoms with van der Waals surface area (Å²) in [6.07, 6.45) is 0.395.